The van der Waals surface area contributed by atoms with Gasteiger partial charge in [0, 0.05) is 42.6 Å². The molecule has 2 N–H and O–H groups in total. The summed E-state index contributed by atoms with van der Waals surface area (Å²) in [5.74, 6) is -1.16. The molecule has 2 heterocycles. The van der Waals surface area contributed by atoms with Crippen LogP contribution in [0.1, 0.15) is 61.7 Å². The van der Waals surface area contributed by atoms with Crippen LogP contribution in [0.25, 0.3) is 0 Å². The number of nitrogens with zero attached hydrogens (tertiary/aromatic N) is 2. The van der Waals surface area contributed by atoms with E-state index in [1.165, 1.54) is 17.0 Å². The Kier molecular flexibility index (Phi) is 9.81. The Morgan fingerprint density at radius 1 is 1.23 bits per heavy atom. The van der Waals surface area contributed by atoms with Gasteiger partial charge in [-0.3, -0.25) is 19.3 Å². The first-order valence-electron chi connectivity index (χ1n) is 13.3. The second-order valence-corrected chi connectivity index (χ2v) is 13.0. The Morgan fingerprint density at radius 3 is 2.55 bits per heavy atom. The normalized spacial score (nSPS) is 17.2. The van der Waals surface area contributed by atoms with Crippen LogP contribution in [0.3, 0.4) is 0 Å². The zero-order chi connectivity index (χ0) is 29.0. The highest BCUT2D eigenvalue weighted by molar-refractivity contribution is 7.18. The van der Waals surface area contributed by atoms with Crippen molar-refractivity contribution in [1.82, 2.24) is 10.2 Å². The highest BCUT2D eigenvalue weighted by Crippen LogP contribution is 2.34. The van der Waals surface area contributed by atoms with Crippen molar-refractivity contribution in [1.29, 1.82) is 0 Å². The van der Waals surface area contributed by atoms with Crippen molar-refractivity contribution in [2.45, 2.75) is 58.5 Å². The van der Waals surface area contributed by atoms with Gasteiger partial charge in [0.05, 0.1) is 15.8 Å². The van der Waals surface area contributed by atoms with E-state index in [1.54, 1.807) is 18.2 Å². The van der Waals surface area contributed by atoms with E-state index in [2.05, 4.69) is 36.3 Å². The predicted molar refractivity (Wildman–Crippen MR) is 152 cm³/mol. The molecule has 1 aromatic carbocycles. The number of anilines is 2. The summed E-state index contributed by atoms with van der Waals surface area (Å²) in [4.78, 5) is 42.8. The quantitative estimate of drug-likeness (QED) is 0.386. The fourth-order valence-electron chi connectivity index (χ4n) is 4.85. The summed E-state index contributed by atoms with van der Waals surface area (Å²) in [6.45, 7) is 7.24. The molecule has 40 heavy (non-hydrogen) atoms. The van der Waals surface area contributed by atoms with Crippen molar-refractivity contribution in [3.63, 3.8) is 0 Å². The van der Waals surface area contributed by atoms with Gasteiger partial charge in [-0.25, -0.2) is 8.78 Å². The third-order valence-electron chi connectivity index (χ3n) is 6.98. The molecule has 0 bridgehead atoms. The third-order valence-corrected chi connectivity index (χ3v) is 8.21. The Labute approximate surface area is 242 Å². The number of benzene rings is 1. The van der Waals surface area contributed by atoms with Crippen LogP contribution in [0.2, 0.25) is 4.34 Å². The lowest BCUT2D eigenvalue weighted by Crippen LogP contribution is -2.58. The largest absolute Gasteiger partial charge is 0.370 e. The minimum atomic E-state index is -2.88. The second kappa shape index (κ2) is 12.9. The third kappa shape index (κ3) is 7.57. The van der Waals surface area contributed by atoms with Crippen molar-refractivity contribution >= 4 is 52.0 Å². The number of amides is 3. The summed E-state index contributed by atoms with van der Waals surface area (Å²) in [6.07, 6.45) is -0.0141. The van der Waals surface area contributed by atoms with Gasteiger partial charge in [0.25, 0.3) is 18.2 Å². The minimum absolute atomic E-state index is 0.00284. The molecule has 2 fully saturated rings. The van der Waals surface area contributed by atoms with Gasteiger partial charge in [0.15, 0.2) is 0 Å². The van der Waals surface area contributed by atoms with Crippen LogP contribution in [0.5, 0.6) is 0 Å². The summed E-state index contributed by atoms with van der Waals surface area (Å²) in [7, 11) is 0. The van der Waals surface area contributed by atoms with E-state index in [1.807, 2.05) is 0 Å². The summed E-state index contributed by atoms with van der Waals surface area (Å²) >= 11 is 7.12. The Morgan fingerprint density at radius 2 is 1.98 bits per heavy atom. The number of thiophene rings is 1. The molecule has 1 aliphatic heterocycles. The Hall–Kier alpha value is -2.60. The highest BCUT2D eigenvalue weighted by atomic mass is 35.5. The molecule has 4 rings (SSSR count). The lowest BCUT2D eigenvalue weighted by molar-refractivity contribution is -0.126. The van der Waals surface area contributed by atoms with E-state index in [0.717, 1.165) is 30.6 Å². The average Bonchev–Trinajstić information content (AvgIpc) is 3.29. The summed E-state index contributed by atoms with van der Waals surface area (Å²) < 4.78 is 34.0. The van der Waals surface area contributed by atoms with Gasteiger partial charge in [-0.2, -0.15) is 0 Å². The monoisotopic (exact) mass is 596 g/mol. The Balaban J connectivity index is 1.59. The molecule has 8 nitrogen and oxygen atoms in total. The molecule has 3 amide bonds. The molecule has 12 heteroatoms. The van der Waals surface area contributed by atoms with Gasteiger partial charge in [0.2, 0.25) is 5.91 Å². The minimum Gasteiger partial charge on any atom is -0.370 e. The van der Waals surface area contributed by atoms with Crippen molar-refractivity contribution in [2.75, 3.05) is 43.1 Å². The number of ether oxygens (including phenoxy) is 1. The van der Waals surface area contributed by atoms with Gasteiger partial charge in [-0.1, -0.05) is 38.8 Å². The first kappa shape index (κ1) is 30.4. The molecule has 218 valence electrons. The van der Waals surface area contributed by atoms with E-state index < -0.39 is 18.4 Å². The second-order valence-electron chi connectivity index (χ2n) is 11.3. The number of morpholine rings is 1. The molecule has 1 aliphatic carbocycles. The number of alkyl halides is 2. The lowest BCUT2D eigenvalue weighted by atomic mass is 9.86. The van der Waals surface area contributed by atoms with Crippen LogP contribution in [0, 0.1) is 5.41 Å². The van der Waals surface area contributed by atoms with Crippen LogP contribution in [0.15, 0.2) is 30.3 Å². The van der Waals surface area contributed by atoms with Crippen LogP contribution in [-0.4, -0.2) is 67.6 Å². The van der Waals surface area contributed by atoms with Gasteiger partial charge in [-0.15, -0.1) is 11.3 Å². The maximum absolute atomic E-state index is 14.2. The SMILES string of the molecule is CC(C)(C)CN(C1CCC1)[C@@H](CNC(=O)c1ccc(Cl)s1)C(=O)Nc1ccc(N2CCOCC2=O)cc1C(F)F. The number of halogens is 3. The molecular formula is C28H35ClF2N4O4S. The molecule has 0 unspecified atom stereocenters. The molecule has 0 spiro atoms. The highest BCUT2D eigenvalue weighted by Gasteiger charge is 2.37. The molecular weight excluding hydrogens is 562 g/mol. The van der Waals surface area contributed by atoms with Gasteiger partial charge in [0.1, 0.15) is 12.6 Å². The topological polar surface area (TPSA) is 91.0 Å². The van der Waals surface area contributed by atoms with E-state index in [-0.39, 0.29) is 54.2 Å². The molecule has 2 aliphatic rings. The zero-order valence-corrected chi connectivity index (χ0v) is 24.4. The van der Waals surface area contributed by atoms with Crippen molar-refractivity contribution in [3.8, 4) is 0 Å². The fourth-order valence-corrected chi connectivity index (χ4v) is 5.81. The van der Waals surface area contributed by atoms with Crippen molar-refractivity contribution in [3.05, 3.63) is 45.1 Å². The maximum Gasteiger partial charge on any atom is 0.265 e. The van der Waals surface area contributed by atoms with Crippen LogP contribution < -0.4 is 15.5 Å². The molecule has 2 aromatic rings. The van der Waals surface area contributed by atoms with E-state index in [0.29, 0.717) is 28.1 Å². The zero-order valence-electron chi connectivity index (χ0n) is 22.8. The molecule has 1 saturated heterocycles. The van der Waals surface area contributed by atoms with E-state index in [4.69, 9.17) is 16.3 Å². The fraction of sp³-hybridized carbons (Fsp3) is 0.536. The van der Waals surface area contributed by atoms with Gasteiger partial charge in [-0.05, 0) is 48.6 Å². The first-order valence-corrected chi connectivity index (χ1v) is 14.5. The van der Waals surface area contributed by atoms with Gasteiger partial charge >= 0.3 is 0 Å². The van der Waals surface area contributed by atoms with E-state index >= 15 is 0 Å². The number of hydrogen-bond donors (Lipinski definition) is 2. The predicted octanol–water partition coefficient (Wildman–Crippen LogP) is 5.34. The summed E-state index contributed by atoms with van der Waals surface area (Å²) in [5, 5.41) is 5.56. The number of rotatable bonds is 10. The molecule has 1 saturated carbocycles. The molecule has 0 radical (unpaired) electrons. The van der Waals surface area contributed by atoms with Crippen LogP contribution >= 0.6 is 22.9 Å². The first-order chi connectivity index (χ1) is 18.9. The summed E-state index contributed by atoms with van der Waals surface area (Å²) in [6, 6.07) is 6.78. The van der Waals surface area contributed by atoms with E-state index in [9.17, 15) is 23.2 Å². The van der Waals surface area contributed by atoms with Crippen molar-refractivity contribution in [2.24, 2.45) is 5.41 Å². The average molecular weight is 597 g/mol. The molecule has 1 atom stereocenters. The number of carbonyl (C=O) groups excluding carboxylic acids is 3. The standard InChI is InChI=1S/C28H35ClF2N4O4S/c1-28(2,3)16-35(17-5-4-6-17)21(14-32-27(38)22-9-10-23(29)40-22)26(37)33-20-8-7-18(13-19(20)25(30)31)34-11-12-39-15-24(34)36/h7-10,13,17,21,25H,4-6,11-12,14-16H2,1-3H3,(H,32,38)(H,33,37)/t21-/m0/s1. The lowest BCUT2D eigenvalue weighted by Gasteiger charge is -2.44. The Bertz CT molecular complexity index is 1230. The van der Waals surface area contributed by atoms with Crippen molar-refractivity contribution < 1.29 is 27.9 Å². The van der Waals surface area contributed by atoms with Gasteiger partial charge < -0.3 is 20.3 Å². The smallest absolute Gasteiger partial charge is 0.265 e. The van der Waals surface area contributed by atoms with Crippen LogP contribution in [0.4, 0.5) is 20.2 Å². The number of hydrogen-bond acceptors (Lipinski definition) is 6. The number of nitrogens with one attached hydrogen (secondary N) is 2. The number of carbonyl (C=O) groups is 3. The maximum atomic E-state index is 14.2. The summed E-state index contributed by atoms with van der Waals surface area (Å²) in [5.41, 5.74) is -0.244. The van der Waals surface area contributed by atoms with Crippen LogP contribution in [-0.2, 0) is 14.3 Å². The molecule has 1 aromatic heterocycles.